The van der Waals surface area contributed by atoms with Crippen LogP contribution < -0.4 is 4.74 Å². The number of hydrogen-bond acceptors (Lipinski definition) is 5. The Balaban J connectivity index is 1.59. The van der Waals surface area contributed by atoms with Gasteiger partial charge in [-0.15, -0.1) is 11.3 Å². The minimum Gasteiger partial charge on any atom is -0.497 e. The van der Waals surface area contributed by atoms with Crippen molar-refractivity contribution in [3.05, 3.63) is 58.6 Å². The first-order chi connectivity index (χ1) is 12.2. The van der Waals surface area contributed by atoms with Gasteiger partial charge in [-0.05, 0) is 54.3 Å². The number of aliphatic hydroxyl groups is 1. The fraction of sp³-hybridized carbons (Fsp3) is 0.350. The normalized spacial score (nSPS) is 19.4. The zero-order valence-corrected chi connectivity index (χ0v) is 15.3. The lowest BCUT2D eigenvalue weighted by Gasteiger charge is -2.29. The van der Waals surface area contributed by atoms with E-state index in [1.807, 2.05) is 23.7 Å². The van der Waals surface area contributed by atoms with Gasteiger partial charge in [-0.1, -0.05) is 12.1 Å². The summed E-state index contributed by atoms with van der Waals surface area (Å²) in [7, 11) is 1.68. The van der Waals surface area contributed by atoms with Crippen LogP contribution in [0.25, 0.3) is 10.2 Å². The Morgan fingerprint density at radius 3 is 3.00 bits per heavy atom. The Labute approximate surface area is 151 Å². The lowest BCUT2D eigenvalue weighted by molar-refractivity contribution is 0.0985. The smallest absolute Gasteiger partial charge is 0.119 e. The van der Waals surface area contributed by atoms with Crippen LogP contribution in [-0.2, 0) is 6.42 Å². The van der Waals surface area contributed by atoms with Gasteiger partial charge < -0.3 is 9.84 Å². The van der Waals surface area contributed by atoms with Gasteiger partial charge in [0.15, 0.2) is 0 Å². The van der Waals surface area contributed by atoms with Crippen LogP contribution in [0.1, 0.15) is 35.8 Å². The van der Waals surface area contributed by atoms with Crippen molar-refractivity contribution in [3.8, 4) is 5.75 Å². The fourth-order valence-electron chi connectivity index (χ4n) is 3.62. The molecule has 25 heavy (non-hydrogen) atoms. The van der Waals surface area contributed by atoms with E-state index in [1.54, 1.807) is 18.4 Å². The van der Waals surface area contributed by atoms with Gasteiger partial charge in [-0.2, -0.15) is 0 Å². The number of aliphatic hydroxyl groups excluding tert-OH is 1. The van der Waals surface area contributed by atoms with Crippen molar-refractivity contribution in [1.82, 2.24) is 9.88 Å². The molecule has 1 aliphatic heterocycles. The van der Waals surface area contributed by atoms with Crippen molar-refractivity contribution in [1.29, 1.82) is 0 Å². The van der Waals surface area contributed by atoms with Crippen LogP contribution in [0.4, 0.5) is 0 Å². The maximum absolute atomic E-state index is 10.7. The third-order valence-electron chi connectivity index (χ3n) is 5.17. The van der Waals surface area contributed by atoms with Crippen molar-refractivity contribution in [2.24, 2.45) is 0 Å². The van der Waals surface area contributed by atoms with Crippen LogP contribution in [-0.4, -0.2) is 35.2 Å². The van der Waals surface area contributed by atoms with Crippen LogP contribution in [0, 0.1) is 0 Å². The molecule has 1 aliphatic rings. The number of methoxy groups -OCH3 is 1. The predicted octanol–water partition coefficient (Wildman–Crippen LogP) is 3.96. The second-order valence-electron chi connectivity index (χ2n) is 6.58. The highest BCUT2D eigenvalue weighted by atomic mass is 32.1. The third-order valence-corrected chi connectivity index (χ3v) is 5.98. The van der Waals surface area contributed by atoms with E-state index in [2.05, 4.69) is 35.0 Å². The highest BCUT2D eigenvalue weighted by Crippen LogP contribution is 2.32. The molecule has 2 heterocycles. The average molecular weight is 354 g/mol. The highest BCUT2D eigenvalue weighted by molar-refractivity contribution is 7.16. The minimum absolute atomic E-state index is 0.233. The largest absolute Gasteiger partial charge is 0.497 e. The van der Waals surface area contributed by atoms with E-state index < -0.39 is 6.10 Å². The Kier molecular flexibility index (Phi) is 4.46. The third kappa shape index (κ3) is 3.15. The molecule has 0 radical (unpaired) electrons. The summed E-state index contributed by atoms with van der Waals surface area (Å²) in [4.78, 5) is 6.78. The number of ether oxygens (including phenoxy) is 1. The minimum atomic E-state index is -0.478. The van der Waals surface area contributed by atoms with E-state index in [0.29, 0.717) is 6.54 Å². The van der Waals surface area contributed by atoms with Crippen molar-refractivity contribution in [2.75, 3.05) is 20.2 Å². The zero-order valence-electron chi connectivity index (χ0n) is 14.5. The van der Waals surface area contributed by atoms with Crippen molar-refractivity contribution >= 4 is 21.6 Å². The first-order valence-corrected chi connectivity index (χ1v) is 9.46. The molecular formula is C20H22N2O2S. The van der Waals surface area contributed by atoms with Gasteiger partial charge in [-0.25, -0.2) is 4.98 Å². The van der Waals surface area contributed by atoms with Crippen LogP contribution in [0.2, 0.25) is 0 Å². The van der Waals surface area contributed by atoms with Crippen LogP contribution in [0.5, 0.6) is 5.75 Å². The van der Waals surface area contributed by atoms with Gasteiger partial charge in [0.25, 0.3) is 0 Å². The molecule has 1 N–H and O–H groups in total. The number of nitrogens with zero attached hydrogens (tertiary/aromatic N) is 2. The Morgan fingerprint density at radius 2 is 2.16 bits per heavy atom. The van der Waals surface area contributed by atoms with Gasteiger partial charge in [0.2, 0.25) is 0 Å². The zero-order chi connectivity index (χ0) is 17.4. The Morgan fingerprint density at radius 1 is 1.28 bits per heavy atom. The molecule has 2 atom stereocenters. The van der Waals surface area contributed by atoms with Crippen LogP contribution >= 0.6 is 11.3 Å². The van der Waals surface area contributed by atoms with Crippen LogP contribution in [0.15, 0.2) is 41.9 Å². The molecule has 2 unspecified atom stereocenters. The van der Waals surface area contributed by atoms with Gasteiger partial charge in [0.1, 0.15) is 5.75 Å². The highest BCUT2D eigenvalue weighted by Gasteiger charge is 2.25. The molecule has 0 spiro atoms. The summed E-state index contributed by atoms with van der Waals surface area (Å²) in [6.45, 7) is 3.75. The molecule has 0 saturated carbocycles. The predicted molar refractivity (Wildman–Crippen MR) is 101 cm³/mol. The first kappa shape index (κ1) is 16.5. The molecule has 0 bridgehead atoms. The van der Waals surface area contributed by atoms with Gasteiger partial charge in [0, 0.05) is 19.1 Å². The van der Waals surface area contributed by atoms with Gasteiger partial charge in [-0.3, -0.25) is 4.90 Å². The van der Waals surface area contributed by atoms with E-state index in [1.165, 1.54) is 15.8 Å². The fourth-order valence-corrected chi connectivity index (χ4v) is 4.28. The number of benzene rings is 2. The SMILES string of the molecule is COc1ccc2c(c1)CCN(C(C)c1ccc3scnc3c1)CC2O. The second-order valence-corrected chi connectivity index (χ2v) is 7.47. The number of β-amino-alcohol motifs (C(OH)–C–C–N with tert-alkyl or cyclic N) is 1. The summed E-state index contributed by atoms with van der Waals surface area (Å²) in [5.41, 5.74) is 6.38. The van der Waals surface area contributed by atoms with Crippen molar-refractivity contribution < 1.29 is 9.84 Å². The molecule has 130 valence electrons. The topological polar surface area (TPSA) is 45.6 Å². The standard InChI is InChI=1S/C20H22N2O2S/c1-13(14-3-6-20-18(10-14)21-12-25-20)22-8-7-15-9-16(24-2)4-5-17(15)19(23)11-22/h3-6,9-10,12-13,19,23H,7-8,11H2,1-2H3. The summed E-state index contributed by atoms with van der Waals surface area (Å²) in [5.74, 6) is 0.849. The van der Waals surface area contributed by atoms with Crippen LogP contribution in [0.3, 0.4) is 0 Å². The maximum atomic E-state index is 10.7. The maximum Gasteiger partial charge on any atom is 0.119 e. The second kappa shape index (κ2) is 6.75. The average Bonchev–Trinajstić information content (AvgIpc) is 3.05. The lowest BCUT2D eigenvalue weighted by atomic mass is 10.0. The molecule has 4 rings (SSSR count). The van der Waals surface area contributed by atoms with E-state index in [0.717, 1.165) is 29.8 Å². The first-order valence-electron chi connectivity index (χ1n) is 8.58. The van der Waals surface area contributed by atoms with E-state index in [-0.39, 0.29) is 6.04 Å². The monoisotopic (exact) mass is 354 g/mol. The lowest BCUT2D eigenvalue weighted by Crippen LogP contribution is -2.31. The molecule has 0 fully saturated rings. The molecule has 0 saturated heterocycles. The molecule has 5 heteroatoms. The molecule has 3 aromatic rings. The molecular weight excluding hydrogens is 332 g/mol. The molecule has 0 amide bonds. The molecule has 4 nitrogen and oxygen atoms in total. The molecule has 1 aromatic heterocycles. The Bertz CT molecular complexity index is 892. The molecule has 0 aliphatic carbocycles. The summed E-state index contributed by atoms with van der Waals surface area (Å²) < 4.78 is 6.55. The van der Waals surface area contributed by atoms with Crippen molar-refractivity contribution in [2.45, 2.75) is 25.5 Å². The van der Waals surface area contributed by atoms with Gasteiger partial charge >= 0.3 is 0 Å². The van der Waals surface area contributed by atoms with E-state index in [4.69, 9.17) is 4.74 Å². The van der Waals surface area contributed by atoms with Crippen molar-refractivity contribution in [3.63, 3.8) is 0 Å². The Hall–Kier alpha value is -1.95. The van der Waals surface area contributed by atoms with E-state index >= 15 is 0 Å². The number of hydrogen-bond donors (Lipinski definition) is 1. The summed E-state index contributed by atoms with van der Waals surface area (Å²) in [6.07, 6.45) is 0.432. The number of rotatable bonds is 3. The summed E-state index contributed by atoms with van der Waals surface area (Å²) in [6, 6.07) is 12.7. The summed E-state index contributed by atoms with van der Waals surface area (Å²) in [5, 5.41) is 10.7. The summed E-state index contributed by atoms with van der Waals surface area (Å²) >= 11 is 1.67. The van der Waals surface area contributed by atoms with Gasteiger partial charge in [0.05, 0.1) is 28.9 Å². The number of thiazole rings is 1. The number of fused-ring (bicyclic) bond motifs is 2. The molecule has 2 aromatic carbocycles. The van der Waals surface area contributed by atoms with E-state index in [9.17, 15) is 5.11 Å². The quantitative estimate of drug-likeness (QED) is 0.773. The number of aromatic nitrogens is 1.